The number of nitrogens with zero attached hydrogens (tertiary/aromatic N) is 3. The first-order chi connectivity index (χ1) is 15.3. The Kier molecular flexibility index (Phi) is 9.28. The van der Waals surface area contributed by atoms with Crippen LogP contribution in [0.15, 0.2) is 34.8 Å². The Morgan fingerprint density at radius 2 is 1.74 bits per heavy atom. The normalized spacial score (nSPS) is 18.4. The molecule has 2 aliphatic rings. The van der Waals surface area contributed by atoms with Gasteiger partial charge in [0.2, 0.25) is 0 Å². The van der Waals surface area contributed by atoms with Crippen molar-refractivity contribution in [2.45, 2.75) is 46.1 Å². The number of Topliss-reactive ketones (excluding diaryl/α,β-unsaturated/α-hetero) is 2. The summed E-state index contributed by atoms with van der Waals surface area (Å²) in [6.45, 7) is 10.7. The molecular weight excluding hydrogens is 495 g/mol. The molecule has 1 aromatic carbocycles. The second-order valence-corrected chi connectivity index (χ2v) is 9.31. The molecule has 0 bridgehead atoms. The lowest BCUT2D eigenvalue weighted by atomic mass is 9.73. The summed E-state index contributed by atoms with van der Waals surface area (Å²) in [6.07, 6.45) is 3.19. The van der Waals surface area contributed by atoms with Crippen LogP contribution in [-0.2, 0) is 4.79 Å². The topological polar surface area (TPSA) is 78.4 Å². The lowest BCUT2D eigenvalue weighted by molar-refractivity contribution is -0.119. The molecule has 0 saturated heterocycles. The molecule has 4 rings (SSSR count). The molecule has 1 aliphatic carbocycles. The third-order valence-electron chi connectivity index (χ3n) is 6.46. The van der Waals surface area contributed by atoms with Crippen LogP contribution in [0.1, 0.15) is 56.7 Å². The van der Waals surface area contributed by atoms with E-state index in [0.29, 0.717) is 39.8 Å². The zero-order valence-corrected chi connectivity index (χ0v) is 22.2. The van der Waals surface area contributed by atoms with Gasteiger partial charge in [-0.2, -0.15) is 0 Å². The number of dihydropyridines is 1. The molecule has 9 heteroatoms. The van der Waals surface area contributed by atoms with Gasteiger partial charge in [0.05, 0.1) is 11.6 Å². The fourth-order valence-corrected chi connectivity index (χ4v) is 4.60. The number of benzene rings is 1. The fraction of sp³-hybridized carbons (Fsp3) is 0.440. The predicted octanol–water partition coefficient (Wildman–Crippen LogP) is 5.69. The number of nitrogens with one attached hydrogen (secondary N) is 1. The van der Waals surface area contributed by atoms with Crippen LogP contribution in [0.5, 0.6) is 0 Å². The molecule has 1 atom stereocenters. The molecule has 1 aromatic heterocycles. The highest BCUT2D eigenvalue weighted by Gasteiger charge is 2.45. The zero-order valence-electron chi connectivity index (χ0n) is 19.9. The maximum Gasteiger partial charge on any atom is 0.191 e. The minimum absolute atomic E-state index is 0. The lowest BCUT2D eigenvalue weighted by Crippen LogP contribution is -2.41. The molecule has 0 radical (unpaired) electrons. The maximum atomic E-state index is 13.6. The summed E-state index contributed by atoms with van der Waals surface area (Å²) in [5.41, 5.74) is 2.21. The quantitative estimate of drug-likeness (QED) is 0.503. The average Bonchev–Trinajstić information content (AvgIpc) is 3.22. The number of halogens is 3. The van der Waals surface area contributed by atoms with Gasteiger partial charge in [0.1, 0.15) is 17.1 Å². The van der Waals surface area contributed by atoms with Crippen molar-refractivity contribution in [2.24, 2.45) is 10.9 Å². The Morgan fingerprint density at radius 3 is 2.35 bits per heavy atom. The number of carbonyl (C=O) groups is 2. The molecule has 1 aliphatic heterocycles. The van der Waals surface area contributed by atoms with Gasteiger partial charge in [-0.05, 0) is 70.6 Å². The Balaban J connectivity index is 0.00000204. The molecule has 0 saturated carbocycles. The summed E-state index contributed by atoms with van der Waals surface area (Å²) in [5, 5.41) is 0.631. The molecule has 0 amide bonds. The molecule has 0 fully saturated rings. The van der Waals surface area contributed by atoms with Crippen molar-refractivity contribution in [1.82, 2.24) is 14.9 Å². The highest BCUT2D eigenvalue weighted by atomic mass is 35.5. The van der Waals surface area contributed by atoms with Gasteiger partial charge in [0.15, 0.2) is 11.6 Å². The SMILES string of the molecule is CCN(CC)CCCC1C(=O)c2nc(-c3ccc(Cl)cc3)[nH]c2C2=C1C(=O)C(C)(C)N=C2.Cl.Cl. The number of imidazole rings is 1. The van der Waals surface area contributed by atoms with Crippen LogP contribution < -0.4 is 0 Å². The van der Waals surface area contributed by atoms with Crippen molar-refractivity contribution in [1.29, 1.82) is 0 Å². The number of hydrogen-bond acceptors (Lipinski definition) is 5. The molecule has 2 heterocycles. The van der Waals surface area contributed by atoms with Crippen molar-refractivity contribution in [3.63, 3.8) is 0 Å². The summed E-state index contributed by atoms with van der Waals surface area (Å²) >= 11 is 6.02. The largest absolute Gasteiger partial charge is 0.337 e. The fourth-order valence-electron chi connectivity index (χ4n) is 4.47. The van der Waals surface area contributed by atoms with Crippen molar-refractivity contribution in [2.75, 3.05) is 19.6 Å². The predicted molar refractivity (Wildman–Crippen MR) is 143 cm³/mol. The lowest BCUT2D eigenvalue weighted by Gasteiger charge is -2.32. The summed E-state index contributed by atoms with van der Waals surface area (Å²) in [4.78, 5) is 41.7. The van der Waals surface area contributed by atoms with Crippen LogP contribution in [0.3, 0.4) is 0 Å². The van der Waals surface area contributed by atoms with Gasteiger partial charge in [-0.3, -0.25) is 14.6 Å². The van der Waals surface area contributed by atoms with Crippen LogP contribution >= 0.6 is 36.4 Å². The minimum Gasteiger partial charge on any atom is -0.337 e. The van der Waals surface area contributed by atoms with Crippen molar-refractivity contribution in [3.8, 4) is 11.4 Å². The van der Waals surface area contributed by atoms with E-state index in [9.17, 15) is 9.59 Å². The van der Waals surface area contributed by atoms with Gasteiger partial charge in [-0.25, -0.2) is 4.98 Å². The number of ketones is 2. The van der Waals surface area contributed by atoms with Crippen LogP contribution in [0, 0.1) is 5.92 Å². The van der Waals surface area contributed by atoms with E-state index in [1.165, 1.54) is 0 Å². The van der Waals surface area contributed by atoms with Crippen LogP contribution in [0.25, 0.3) is 17.0 Å². The van der Waals surface area contributed by atoms with Crippen molar-refractivity contribution in [3.05, 3.63) is 46.2 Å². The monoisotopic (exact) mass is 524 g/mol. The number of aromatic amines is 1. The van der Waals surface area contributed by atoms with E-state index < -0.39 is 11.5 Å². The Labute approximate surface area is 218 Å². The Hall–Kier alpha value is -1.99. The van der Waals surface area contributed by atoms with Gasteiger partial charge in [0, 0.05) is 27.9 Å². The highest BCUT2D eigenvalue weighted by molar-refractivity contribution is 6.31. The first-order valence-electron chi connectivity index (χ1n) is 11.2. The van der Waals surface area contributed by atoms with Gasteiger partial charge >= 0.3 is 0 Å². The first-order valence-corrected chi connectivity index (χ1v) is 11.6. The number of hydrogen-bond donors (Lipinski definition) is 1. The molecule has 34 heavy (non-hydrogen) atoms. The molecular formula is C25H31Cl3N4O2. The van der Waals surface area contributed by atoms with E-state index >= 15 is 0 Å². The zero-order chi connectivity index (χ0) is 23.0. The van der Waals surface area contributed by atoms with Crippen molar-refractivity contribution < 1.29 is 9.59 Å². The third kappa shape index (κ3) is 5.15. The van der Waals surface area contributed by atoms with E-state index in [4.69, 9.17) is 11.6 Å². The number of fused-ring (bicyclic) bond motifs is 2. The third-order valence-corrected chi connectivity index (χ3v) is 6.71. The Morgan fingerprint density at radius 1 is 1.09 bits per heavy atom. The maximum absolute atomic E-state index is 13.6. The van der Waals surface area contributed by atoms with Gasteiger partial charge < -0.3 is 9.88 Å². The summed E-state index contributed by atoms with van der Waals surface area (Å²) in [6, 6.07) is 7.29. The highest BCUT2D eigenvalue weighted by Crippen LogP contribution is 2.41. The smallest absolute Gasteiger partial charge is 0.191 e. The molecule has 0 spiro atoms. The van der Waals surface area contributed by atoms with Crippen molar-refractivity contribution >= 4 is 59.8 Å². The first kappa shape index (κ1) is 28.2. The Bertz CT molecular complexity index is 1120. The van der Waals surface area contributed by atoms with E-state index in [0.717, 1.165) is 31.6 Å². The standard InChI is InChI=1S/C25H29ClN4O2.2ClH/c1-5-30(6-2)13-7-8-17-19-18(14-27-25(3,4)23(19)32)20-21(22(17)31)29-24(28-20)15-9-11-16(26)12-10-15;;/h9-12,14,17H,5-8,13H2,1-4H3,(H,28,29);2*1H. The van der Waals surface area contributed by atoms with E-state index in [-0.39, 0.29) is 36.4 Å². The molecule has 1 unspecified atom stereocenters. The van der Waals surface area contributed by atoms with Crippen LogP contribution in [0.4, 0.5) is 0 Å². The van der Waals surface area contributed by atoms with Crippen LogP contribution in [0.2, 0.25) is 5.02 Å². The summed E-state index contributed by atoms with van der Waals surface area (Å²) in [7, 11) is 0. The average molecular weight is 526 g/mol. The minimum atomic E-state index is -0.868. The molecule has 1 N–H and O–H groups in total. The van der Waals surface area contributed by atoms with E-state index in [1.807, 2.05) is 12.1 Å². The van der Waals surface area contributed by atoms with Gasteiger partial charge in [0.25, 0.3) is 0 Å². The van der Waals surface area contributed by atoms with Crippen LogP contribution in [-0.4, -0.2) is 57.8 Å². The van der Waals surface area contributed by atoms with E-state index in [2.05, 4.69) is 33.7 Å². The molecule has 2 aromatic rings. The summed E-state index contributed by atoms with van der Waals surface area (Å²) in [5.74, 6) is -0.0759. The summed E-state index contributed by atoms with van der Waals surface area (Å²) < 4.78 is 0. The number of rotatable bonds is 7. The molecule has 184 valence electrons. The van der Waals surface area contributed by atoms with E-state index in [1.54, 1.807) is 32.2 Å². The van der Waals surface area contributed by atoms with Gasteiger partial charge in [-0.1, -0.05) is 25.4 Å². The number of H-pyrrole nitrogens is 1. The number of aromatic nitrogens is 2. The second-order valence-electron chi connectivity index (χ2n) is 8.88. The second kappa shape index (κ2) is 11.2. The molecule has 6 nitrogen and oxygen atoms in total. The number of aliphatic imine (C=N–C) groups is 1. The van der Waals surface area contributed by atoms with Gasteiger partial charge in [-0.15, -0.1) is 24.8 Å². The number of allylic oxidation sites excluding steroid dienone is 1. The number of carbonyl (C=O) groups excluding carboxylic acids is 2.